The lowest BCUT2D eigenvalue weighted by atomic mass is 10.2. The van der Waals surface area contributed by atoms with Gasteiger partial charge in [0.15, 0.2) is 5.82 Å². The summed E-state index contributed by atoms with van der Waals surface area (Å²) in [6.07, 6.45) is 2.07. The lowest BCUT2D eigenvalue weighted by molar-refractivity contribution is 0.0505. The van der Waals surface area contributed by atoms with E-state index >= 15 is 0 Å². The zero-order chi connectivity index (χ0) is 17.8. The standard InChI is InChI=1S/C18H17FN4O2/c1-3-9-25-18(24)13-5-4-6-15(10-13)21-22-17-12(2)20-16-8-7-14(19)11-23(16)17/h4-8,10-11H,3,9H2,1-2H3. The van der Waals surface area contributed by atoms with E-state index in [1.165, 1.54) is 16.7 Å². The number of imidazole rings is 1. The molecule has 0 radical (unpaired) electrons. The molecule has 0 N–H and O–H groups in total. The van der Waals surface area contributed by atoms with Gasteiger partial charge in [0.1, 0.15) is 11.5 Å². The molecule has 128 valence electrons. The number of halogens is 1. The molecule has 0 amide bonds. The van der Waals surface area contributed by atoms with Crippen molar-refractivity contribution in [3.8, 4) is 0 Å². The number of rotatable bonds is 5. The quantitative estimate of drug-likeness (QED) is 0.496. The number of azo groups is 1. The first-order chi connectivity index (χ1) is 12.1. The van der Waals surface area contributed by atoms with Crippen LogP contribution in [0.5, 0.6) is 0 Å². The monoisotopic (exact) mass is 340 g/mol. The van der Waals surface area contributed by atoms with Gasteiger partial charge in [-0.1, -0.05) is 13.0 Å². The summed E-state index contributed by atoms with van der Waals surface area (Å²) < 4.78 is 20.1. The van der Waals surface area contributed by atoms with Gasteiger partial charge in [-0.05, 0) is 43.7 Å². The minimum absolute atomic E-state index is 0.372. The number of carbonyl (C=O) groups is 1. The Morgan fingerprint density at radius 2 is 2.12 bits per heavy atom. The number of carbonyl (C=O) groups excluding carboxylic acids is 1. The van der Waals surface area contributed by atoms with Gasteiger partial charge in [0, 0.05) is 6.20 Å². The smallest absolute Gasteiger partial charge is 0.338 e. The highest BCUT2D eigenvalue weighted by Crippen LogP contribution is 2.24. The Kier molecular flexibility index (Phi) is 4.83. The number of hydrogen-bond donors (Lipinski definition) is 0. The van der Waals surface area contributed by atoms with Gasteiger partial charge in [-0.3, -0.25) is 4.40 Å². The van der Waals surface area contributed by atoms with Crippen LogP contribution in [0.15, 0.2) is 52.8 Å². The maximum atomic E-state index is 13.5. The number of benzene rings is 1. The van der Waals surface area contributed by atoms with E-state index in [9.17, 15) is 9.18 Å². The first kappa shape index (κ1) is 16.8. The third-order valence-corrected chi connectivity index (χ3v) is 3.50. The molecular formula is C18H17FN4O2. The second-order valence-electron chi connectivity index (χ2n) is 5.48. The molecule has 0 fully saturated rings. The van der Waals surface area contributed by atoms with Crippen LogP contribution in [0.25, 0.3) is 5.65 Å². The van der Waals surface area contributed by atoms with Crippen molar-refractivity contribution in [1.82, 2.24) is 9.38 Å². The third-order valence-electron chi connectivity index (χ3n) is 3.50. The van der Waals surface area contributed by atoms with Gasteiger partial charge in [0.05, 0.1) is 23.6 Å². The largest absolute Gasteiger partial charge is 0.462 e. The van der Waals surface area contributed by atoms with Crippen LogP contribution in [0.2, 0.25) is 0 Å². The number of fused-ring (bicyclic) bond motifs is 1. The fourth-order valence-corrected chi connectivity index (χ4v) is 2.32. The molecule has 2 aromatic heterocycles. The van der Waals surface area contributed by atoms with Crippen LogP contribution >= 0.6 is 0 Å². The van der Waals surface area contributed by atoms with E-state index in [1.54, 1.807) is 37.3 Å². The van der Waals surface area contributed by atoms with Crippen molar-refractivity contribution in [3.63, 3.8) is 0 Å². The highest BCUT2D eigenvalue weighted by atomic mass is 19.1. The molecule has 0 aliphatic heterocycles. The maximum Gasteiger partial charge on any atom is 0.338 e. The molecule has 1 aromatic carbocycles. The predicted molar refractivity (Wildman–Crippen MR) is 91.1 cm³/mol. The van der Waals surface area contributed by atoms with E-state index in [1.807, 2.05) is 6.92 Å². The summed E-state index contributed by atoms with van der Waals surface area (Å²) in [6.45, 7) is 4.08. The fraction of sp³-hybridized carbons (Fsp3) is 0.222. The summed E-state index contributed by atoms with van der Waals surface area (Å²) >= 11 is 0. The van der Waals surface area contributed by atoms with Crippen LogP contribution in [0.4, 0.5) is 15.9 Å². The summed E-state index contributed by atoms with van der Waals surface area (Å²) in [5, 5.41) is 8.32. The SMILES string of the molecule is CCCOC(=O)c1cccc(N=Nc2c(C)nc3ccc(F)cn23)c1. The van der Waals surface area contributed by atoms with Crippen molar-refractivity contribution >= 4 is 23.1 Å². The molecule has 2 heterocycles. The van der Waals surface area contributed by atoms with E-state index < -0.39 is 5.97 Å². The molecule has 3 aromatic rings. The number of aromatic nitrogens is 2. The van der Waals surface area contributed by atoms with Crippen LogP contribution < -0.4 is 0 Å². The van der Waals surface area contributed by atoms with Gasteiger partial charge < -0.3 is 4.74 Å². The van der Waals surface area contributed by atoms with E-state index in [0.717, 1.165) is 6.42 Å². The zero-order valence-electron chi connectivity index (χ0n) is 13.9. The second-order valence-corrected chi connectivity index (χ2v) is 5.48. The van der Waals surface area contributed by atoms with Crippen LogP contribution in [-0.2, 0) is 4.74 Å². The topological polar surface area (TPSA) is 68.3 Å². The predicted octanol–water partition coefficient (Wildman–Crippen LogP) is 4.76. The molecular weight excluding hydrogens is 323 g/mol. The first-order valence-electron chi connectivity index (χ1n) is 7.91. The number of aryl methyl sites for hydroxylation is 1. The molecule has 7 heteroatoms. The molecule has 25 heavy (non-hydrogen) atoms. The molecule has 3 rings (SSSR count). The van der Waals surface area contributed by atoms with Crippen molar-refractivity contribution in [1.29, 1.82) is 0 Å². The molecule has 0 spiro atoms. The van der Waals surface area contributed by atoms with Gasteiger partial charge in [-0.2, -0.15) is 0 Å². The van der Waals surface area contributed by atoms with Gasteiger partial charge in [0.25, 0.3) is 0 Å². The van der Waals surface area contributed by atoms with Gasteiger partial charge in [-0.25, -0.2) is 14.2 Å². The molecule has 0 unspecified atom stereocenters. The van der Waals surface area contributed by atoms with Gasteiger partial charge in [0.2, 0.25) is 0 Å². The minimum atomic E-state index is -0.396. The van der Waals surface area contributed by atoms with Crippen LogP contribution in [-0.4, -0.2) is 22.0 Å². The van der Waals surface area contributed by atoms with Crippen molar-refractivity contribution < 1.29 is 13.9 Å². The Morgan fingerprint density at radius 3 is 2.92 bits per heavy atom. The highest BCUT2D eigenvalue weighted by Gasteiger charge is 2.10. The molecule has 0 saturated heterocycles. The molecule has 0 aliphatic carbocycles. The van der Waals surface area contributed by atoms with Gasteiger partial charge in [-0.15, -0.1) is 10.2 Å². The van der Waals surface area contributed by atoms with Crippen LogP contribution in [0.3, 0.4) is 0 Å². The third kappa shape index (κ3) is 3.71. The van der Waals surface area contributed by atoms with Crippen molar-refractivity contribution in [2.24, 2.45) is 10.2 Å². The number of ether oxygens (including phenoxy) is 1. The van der Waals surface area contributed by atoms with Crippen LogP contribution in [0.1, 0.15) is 29.4 Å². The lowest BCUT2D eigenvalue weighted by Gasteiger charge is -2.03. The Morgan fingerprint density at radius 1 is 1.28 bits per heavy atom. The second kappa shape index (κ2) is 7.21. The van der Waals surface area contributed by atoms with Crippen molar-refractivity contribution in [2.75, 3.05) is 6.61 Å². The van der Waals surface area contributed by atoms with E-state index in [-0.39, 0.29) is 5.82 Å². The highest BCUT2D eigenvalue weighted by molar-refractivity contribution is 5.90. The Hall–Kier alpha value is -3.09. The molecule has 0 atom stereocenters. The molecule has 0 aliphatic rings. The lowest BCUT2D eigenvalue weighted by Crippen LogP contribution is -2.05. The normalized spacial score (nSPS) is 11.3. The van der Waals surface area contributed by atoms with Gasteiger partial charge >= 0.3 is 5.97 Å². The molecule has 0 saturated carbocycles. The summed E-state index contributed by atoms with van der Waals surface area (Å²) in [7, 11) is 0. The summed E-state index contributed by atoms with van der Waals surface area (Å²) in [6, 6.07) is 9.60. The minimum Gasteiger partial charge on any atom is -0.462 e. The number of pyridine rings is 1. The summed E-state index contributed by atoms with van der Waals surface area (Å²) in [5.74, 6) is -0.345. The summed E-state index contributed by atoms with van der Waals surface area (Å²) in [5.41, 5.74) is 2.13. The Labute approximate surface area is 144 Å². The van der Waals surface area contributed by atoms with Crippen molar-refractivity contribution in [3.05, 3.63) is 59.7 Å². The number of esters is 1. The fourth-order valence-electron chi connectivity index (χ4n) is 2.32. The Bertz CT molecular complexity index is 949. The summed E-state index contributed by atoms with van der Waals surface area (Å²) in [4.78, 5) is 16.2. The van der Waals surface area contributed by atoms with Crippen LogP contribution in [0, 0.1) is 12.7 Å². The number of hydrogen-bond acceptors (Lipinski definition) is 5. The van der Waals surface area contributed by atoms with E-state index in [4.69, 9.17) is 4.74 Å². The maximum absolute atomic E-state index is 13.5. The Balaban J connectivity index is 1.89. The van der Waals surface area contributed by atoms with Crippen molar-refractivity contribution in [2.45, 2.75) is 20.3 Å². The molecule has 0 bridgehead atoms. The average Bonchev–Trinajstić information content (AvgIpc) is 2.92. The van der Waals surface area contributed by atoms with E-state index in [0.29, 0.717) is 35.0 Å². The van der Waals surface area contributed by atoms with E-state index in [2.05, 4.69) is 15.2 Å². The first-order valence-corrected chi connectivity index (χ1v) is 7.91. The number of nitrogens with zero attached hydrogens (tertiary/aromatic N) is 4. The zero-order valence-corrected chi connectivity index (χ0v) is 13.9. The molecule has 6 nitrogen and oxygen atoms in total. The average molecular weight is 340 g/mol.